The lowest BCUT2D eigenvalue weighted by Crippen LogP contribution is -2.31. The average molecular weight is 291 g/mol. The van der Waals surface area contributed by atoms with E-state index in [-0.39, 0.29) is 23.5 Å². The van der Waals surface area contributed by atoms with Gasteiger partial charge in [0.2, 0.25) is 10.0 Å². The Balaban J connectivity index is 3.13. The summed E-state index contributed by atoms with van der Waals surface area (Å²) in [5.41, 5.74) is 0.256. The van der Waals surface area contributed by atoms with Gasteiger partial charge in [-0.2, -0.15) is 4.31 Å². The van der Waals surface area contributed by atoms with E-state index in [4.69, 9.17) is 12.8 Å². The van der Waals surface area contributed by atoms with Crippen molar-refractivity contribution < 1.29 is 17.9 Å². The Labute approximate surface area is 118 Å². The zero-order chi connectivity index (χ0) is 15.2. The number of carbonyl (C=O) groups is 1. The number of ether oxygens (including phenoxy) is 1. The zero-order valence-corrected chi connectivity index (χ0v) is 11.7. The lowest BCUT2D eigenvalue weighted by molar-refractivity contribution is 0.0600. The summed E-state index contributed by atoms with van der Waals surface area (Å²) in [5, 5.41) is 0. The van der Waals surface area contributed by atoms with E-state index >= 15 is 0 Å². The van der Waals surface area contributed by atoms with Crippen molar-refractivity contribution in [2.24, 2.45) is 0 Å². The second kappa shape index (κ2) is 6.76. The van der Waals surface area contributed by atoms with Crippen molar-refractivity contribution >= 4 is 16.0 Å². The van der Waals surface area contributed by atoms with Gasteiger partial charge in [0, 0.05) is 0 Å². The van der Waals surface area contributed by atoms with Crippen molar-refractivity contribution in [1.82, 2.24) is 4.31 Å². The van der Waals surface area contributed by atoms with Crippen LogP contribution in [0.1, 0.15) is 10.4 Å². The Morgan fingerprint density at radius 1 is 1.20 bits per heavy atom. The second-order valence-corrected chi connectivity index (χ2v) is 5.64. The maximum atomic E-state index is 12.3. The summed E-state index contributed by atoms with van der Waals surface area (Å²) in [6.45, 7) is -0.240. The maximum absolute atomic E-state index is 12.3. The van der Waals surface area contributed by atoms with Crippen LogP contribution >= 0.6 is 0 Å². The van der Waals surface area contributed by atoms with Crippen LogP contribution in [0.4, 0.5) is 0 Å². The molecule has 0 heterocycles. The molecule has 6 heteroatoms. The van der Waals surface area contributed by atoms with Crippen LogP contribution in [0, 0.1) is 24.7 Å². The van der Waals surface area contributed by atoms with E-state index in [1.165, 1.54) is 31.4 Å². The van der Waals surface area contributed by atoms with Gasteiger partial charge in [0.1, 0.15) is 0 Å². The number of carbonyl (C=O) groups excluding carboxylic acids is 1. The van der Waals surface area contributed by atoms with E-state index < -0.39 is 16.0 Å². The highest BCUT2D eigenvalue weighted by atomic mass is 32.2. The third-order valence-electron chi connectivity index (χ3n) is 2.45. The van der Waals surface area contributed by atoms with Gasteiger partial charge >= 0.3 is 5.97 Å². The summed E-state index contributed by atoms with van der Waals surface area (Å²) in [6.07, 6.45) is 10.3. The lowest BCUT2D eigenvalue weighted by Gasteiger charge is -2.17. The fraction of sp³-hybridized carbons (Fsp3) is 0.214. The highest BCUT2D eigenvalue weighted by Gasteiger charge is 2.23. The SMILES string of the molecule is C#CCN(CC#C)S(=O)(=O)c1ccc(C(=O)OC)cc1. The van der Waals surface area contributed by atoms with Gasteiger partial charge in [-0.05, 0) is 24.3 Å². The normalized spacial score (nSPS) is 10.6. The molecular weight excluding hydrogens is 278 g/mol. The summed E-state index contributed by atoms with van der Waals surface area (Å²) < 4.78 is 30.1. The summed E-state index contributed by atoms with van der Waals surface area (Å²) in [7, 11) is -2.53. The van der Waals surface area contributed by atoms with Crippen LogP contribution in [0.15, 0.2) is 29.2 Å². The molecule has 0 bridgehead atoms. The number of hydrogen-bond donors (Lipinski definition) is 0. The number of rotatable bonds is 5. The Hall–Kier alpha value is -2.28. The number of esters is 1. The molecule has 20 heavy (non-hydrogen) atoms. The van der Waals surface area contributed by atoms with Gasteiger partial charge in [-0.15, -0.1) is 12.8 Å². The van der Waals surface area contributed by atoms with E-state index in [0.717, 1.165) is 4.31 Å². The molecule has 0 radical (unpaired) electrons. The largest absolute Gasteiger partial charge is 0.465 e. The smallest absolute Gasteiger partial charge is 0.337 e. The summed E-state index contributed by atoms with van der Waals surface area (Å²) in [4.78, 5) is 11.3. The van der Waals surface area contributed by atoms with E-state index in [2.05, 4.69) is 16.6 Å². The Morgan fingerprint density at radius 2 is 1.70 bits per heavy atom. The van der Waals surface area contributed by atoms with E-state index in [9.17, 15) is 13.2 Å². The number of hydrogen-bond acceptors (Lipinski definition) is 4. The number of benzene rings is 1. The molecule has 0 saturated heterocycles. The average Bonchev–Trinajstić information content (AvgIpc) is 2.46. The van der Waals surface area contributed by atoms with Crippen LogP contribution in [0.2, 0.25) is 0 Å². The topological polar surface area (TPSA) is 63.7 Å². The molecule has 0 amide bonds. The number of nitrogens with zero attached hydrogens (tertiary/aromatic N) is 1. The van der Waals surface area contributed by atoms with Gasteiger partial charge in [0.05, 0.1) is 30.7 Å². The standard InChI is InChI=1S/C14H13NO4S/c1-4-10-15(11-5-2)20(17,18)13-8-6-12(7-9-13)14(16)19-3/h1-2,6-9H,10-11H2,3H3. The van der Waals surface area contributed by atoms with E-state index in [1.54, 1.807) is 0 Å². The minimum Gasteiger partial charge on any atom is -0.465 e. The first-order valence-corrected chi connectivity index (χ1v) is 6.96. The summed E-state index contributed by atoms with van der Waals surface area (Å²) in [6, 6.07) is 5.34. The molecule has 0 N–H and O–H groups in total. The molecule has 0 spiro atoms. The first-order chi connectivity index (χ1) is 9.47. The quantitative estimate of drug-likeness (QED) is 0.592. The van der Waals surface area contributed by atoms with Crippen LogP contribution in [0.25, 0.3) is 0 Å². The minimum atomic E-state index is -3.78. The third kappa shape index (κ3) is 3.39. The molecule has 1 aromatic carbocycles. The molecule has 5 nitrogen and oxygen atoms in total. The van der Waals surface area contributed by atoms with Gasteiger partial charge in [0.25, 0.3) is 0 Å². The molecular formula is C14H13NO4S. The Bertz CT molecular complexity index is 647. The van der Waals surface area contributed by atoms with E-state index in [0.29, 0.717) is 0 Å². The van der Waals surface area contributed by atoms with Crippen LogP contribution < -0.4 is 0 Å². The van der Waals surface area contributed by atoms with Crippen molar-refractivity contribution in [2.75, 3.05) is 20.2 Å². The van der Waals surface area contributed by atoms with E-state index in [1.807, 2.05) is 0 Å². The molecule has 0 fully saturated rings. The van der Waals surface area contributed by atoms with Gasteiger partial charge in [-0.3, -0.25) is 0 Å². The summed E-state index contributed by atoms with van der Waals surface area (Å²) in [5.74, 6) is 3.95. The van der Waals surface area contributed by atoms with Gasteiger partial charge in [-0.1, -0.05) is 11.8 Å². The highest BCUT2D eigenvalue weighted by molar-refractivity contribution is 7.89. The molecule has 0 aromatic heterocycles. The molecule has 0 aliphatic heterocycles. The number of sulfonamides is 1. The van der Waals surface area contributed by atoms with Crippen molar-refractivity contribution in [3.63, 3.8) is 0 Å². The molecule has 0 aliphatic carbocycles. The minimum absolute atomic E-state index is 0.00986. The molecule has 0 aliphatic rings. The Morgan fingerprint density at radius 3 is 2.10 bits per heavy atom. The first-order valence-electron chi connectivity index (χ1n) is 5.52. The molecule has 0 unspecified atom stereocenters. The molecule has 0 saturated carbocycles. The molecule has 104 valence electrons. The van der Waals surface area contributed by atoms with Crippen LogP contribution in [0.3, 0.4) is 0 Å². The predicted octanol–water partition coefficient (Wildman–Crippen LogP) is 0.730. The molecule has 1 aromatic rings. The van der Waals surface area contributed by atoms with Crippen LogP contribution in [-0.2, 0) is 14.8 Å². The lowest BCUT2D eigenvalue weighted by atomic mass is 10.2. The van der Waals surface area contributed by atoms with Crippen LogP contribution in [-0.4, -0.2) is 38.9 Å². The third-order valence-corrected chi connectivity index (χ3v) is 4.25. The van der Waals surface area contributed by atoms with Gasteiger partial charge in [0.15, 0.2) is 0 Å². The number of terminal acetylenes is 2. The highest BCUT2D eigenvalue weighted by Crippen LogP contribution is 2.16. The fourth-order valence-corrected chi connectivity index (χ4v) is 2.73. The Kier molecular flexibility index (Phi) is 5.33. The van der Waals surface area contributed by atoms with Crippen molar-refractivity contribution in [1.29, 1.82) is 0 Å². The fourth-order valence-electron chi connectivity index (χ4n) is 1.46. The maximum Gasteiger partial charge on any atom is 0.337 e. The first kappa shape index (κ1) is 15.8. The monoisotopic (exact) mass is 291 g/mol. The molecule has 1 rings (SSSR count). The second-order valence-electron chi connectivity index (χ2n) is 3.70. The van der Waals surface area contributed by atoms with Crippen molar-refractivity contribution in [2.45, 2.75) is 4.90 Å². The molecule has 0 atom stereocenters. The van der Waals surface area contributed by atoms with Crippen LogP contribution in [0.5, 0.6) is 0 Å². The van der Waals surface area contributed by atoms with Gasteiger partial charge in [-0.25, -0.2) is 13.2 Å². The zero-order valence-electron chi connectivity index (χ0n) is 10.9. The number of methoxy groups -OCH3 is 1. The summed E-state index contributed by atoms with van der Waals surface area (Å²) >= 11 is 0. The van der Waals surface area contributed by atoms with Crippen molar-refractivity contribution in [3.8, 4) is 24.7 Å². The predicted molar refractivity (Wildman–Crippen MR) is 74.2 cm³/mol. The van der Waals surface area contributed by atoms with Gasteiger partial charge < -0.3 is 4.74 Å². The van der Waals surface area contributed by atoms with Crippen molar-refractivity contribution in [3.05, 3.63) is 29.8 Å².